The summed E-state index contributed by atoms with van der Waals surface area (Å²) in [5.41, 5.74) is 7.83. The van der Waals surface area contributed by atoms with Gasteiger partial charge in [0.2, 0.25) is 0 Å². The normalized spacial score (nSPS) is 25.3. The van der Waals surface area contributed by atoms with E-state index in [1.807, 2.05) is 6.07 Å². The highest BCUT2D eigenvalue weighted by Gasteiger charge is 2.25. The number of nitrogens with zero attached hydrogens (tertiary/aromatic N) is 1. The third-order valence-electron chi connectivity index (χ3n) is 4.12. The summed E-state index contributed by atoms with van der Waals surface area (Å²) in [5, 5.41) is 0. The average molecular weight is 250 g/mol. The van der Waals surface area contributed by atoms with Crippen molar-refractivity contribution in [3.8, 4) is 0 Å². The molecule has 2 atom stereocenters. The molecule has 1 saturated heterocycles. The lowest BCUT2D eigenvalue weighted by atomic mass is 9.96. The first-order chi connectivity index (χ1) is 8.61. The van der Waals surface area contributed by atoms with Crippen molar-refractivity contribution < 1.29 is 4.39 Å². The van der Waals surface area contributed by atoms with Gasteiger partial charge in [-0.25, -0.2) is 4.39 Å². The molecule has 0 unspecified atom stereocenters. The van der Waals surface area contributed by atoms with Crippen molar-refractivity contribution in [1.82, 2.24) is 4.90 Å². The van der Waals surface area contributed by atoms with Gasteiger partial charge in [-0.1, -0.05) is 12.5 Å². The molecule has 1 aliphatic rings. The largest absolute Gasteiger partial charge is 0.326 e. The zero-order valence-electron chi connectivity index (χ0n) is 11.3. The Balaban J connectivity index is 2.19. The van der Waals surface area contributed by atoms with Crippen molar-refractivity contribution >= 4 is 0 Å². The number of rotatable bonds is 3. The van der Waals surface area contributed by atoms with Gasteiger partial charge in [-0.05, 0) is 49.9 Å². The van der Waals surface area contributed by atoms with Crippen molar-refractivity contribution in [2.75, 3.05) is 0 Å². The van der Waals surface area contributed by atoms with Crippen LogP contribution < -0.4 is 5.73 Å². The fraction of sp³-hybridized carbons (Fsp3) is 0.600. The summed E-state index contributed by atoms with van der Waals surface area (Å²) in [7, 11) is 0. The summed E-state index contributed by atoms with van der Waals surface area (Å²) in [6.07, 6.45) is 3.76. The van der Waals surface area contributed by atoms with Crippen LogP contribution in [0.15, 0.2) is 18.2 Å². The van der Waals surface area contributed by atoms with Crippen LogP contribution in [-0.4, -0.2) is 17.0 Å². The molecule has 0 amide bonds. The van der Waals surface area contributed by atoms with Gasteiger partial charge in [0.25, 0.3) is 0 Å². The number of halogens is 1. The van der Waals surface area contributed by atoms with Crippen molar-refractivity contribution in [1.29, 1.82) is 0 Å². The van der Waals surface area contributed by atoms with Crippen molar-refractivity contribution in [3.63, 3.8) is 0 Å². The van der Waals surface area contributed by atoms with E-state index in [0.717, 1.165) is 17.7 Å². The van der Waals surface area contributed by atoms with Gasteiger partial charge < -0.3 is 5.73 Å². The van der Waals surface area contributed by atoms with Gasteiger partial charge in [-0.15, -0.1) is 0 Å². The Bertz CT molecular complexity index is 395. The molecule has 0 bridgehead atoms. The quantitative estimate of drug-likeness (QED) is 0.893. The van der Waals surface area contributed by atoms with E-state index < -0.39 is 0 Å². The maximum atomic E-state index is 13.4. The van der Waals surface area contributed by atoms with E-state index in [2.05, 4.69) is 18.7 Å². The molecule has 0 aliphatic carbocycles. The molecule has 1 aromatic rings. The van der Waals surface area contributed by atoms with Gasteiger partial charge in [0, 0.05) is 25.2 Å². The summed E-state index contributed by atoms with van der Waals surface area (Å²) >= 11 is 0. The second kappa shape index (κ2) is 5.81. The Hall–Kier alpha value is -0.930. The van der Waals surface area contributed by atoms with Crippen LogP contribution in [0.3, 0.4) is 0 Å². The minimum atomic E-state index is -0.167. The van der Waals surface area contributed by atoms with E-state index in [0.29, 0.717) is 18.6 Å². The third-order valence-corrected chi connectivity index (χ3v) is 4.12. The lowest BCUT2D eigenvalue weighted by molar-refractivity contribution is 0.0949. The molecule has 0 aromatic heterocycles. The van der Waals surface area contributed by atoms with Gasteiger partial charge in [0.15, 0.2) is 0 Å². The van der Waals surface area contributed by atoms with Crippen LogP contribution in [-0.2, 0) is 13.1 Å². The minimum Gasteiger partial charge on any atom is -0.326 e. The summed E-state index contributed by atoms with van der Waals surface area (Å²) in [6.45, 7) is 5.81. The van der Waals surface area contributed by atoms with Crippen LogP contribution in [0.25, 0.3) is 0 Å². The molecule has 1 heterocycles. The zero-order valence-corrected chi connectivity index (χ0v) is 11.3. The number of likely N-dealkylation sites (tertiary alicyclic amines) is 1. The summed E-state index contributed by atoms with van der Waals surface area (Å²) in [4.78, 5) is 2.47. The Kier molecular flexibility index (Phi) is 4.36. The van der Waals surface area contributed by atoms with Crippen LogP contribution in [0.4, 0.5) is 4.39 Å². The first kappa shape index (κ1) is 13.5. The molecule has 0 saturated carbocycles. The first-order valence-corrected chi connectivity index (χ1v) is 6.85. The molecule has 100 valence electrons. The van der Waals surface area contributed by atoms with Gasteiger partial charge in [-0.2, -0.15) is 0 Å². The fourth-order valence-electron chi connectivity index (χ4n) is 2.92. The molecular formula is C15H23FN2. The minimum absolute atomic E-state index is 0.167. The first-order valence-electron chi connectivity index (χ1n) is 6.85. The van der Waals surface area contributed by atoms with E-state index in [1.165, 1.54) is 25.3 Å². The second-order valence-electron chi connectivity index (χ2n) is 5.42. The number of nitrogens with two attached hydrogens (primary N) is 1. The molecule has 2 rings (SSSR count). The van der Waals surface area contributed by atoms with E-state index in [4.69, 9.17) is 5.73 Å². The van der Waals surface area contributed by atoms with Crippen molar-refractivity contribution in [2.45, 2.75) is 58.3 Å². The van der Waals surface area contributed by atoms with Gasteiger partial charge in [-0.3, -0.25) is 4.90 Å². The highest BCUT2D eigenvalue weighted by Crippen LogP contribution is 2.25. The Morgan fingerprint density at radius 1 is 1.22 bits per heavy atom. The topological polar surface area (TPSA) is 29.3 Å². The van der Waals surface area contributed by atoms with E-state index in [1.54, 1.807) is 6.07 Å². The molecule has 1 aromatic carbocycles. The summed E-state index contributed by atoms with van der Waals surface area (Å²) in [5.74, 6) is -0.167. The molecular weight excluding hydrogens is 227 g/mol. The Morgan fingerprint density at radius 3 is 2.50 bits per heavy atom. The molecule has 1 aliphatic heterocycles. The van der Waals surface area contributed by atoms with Crippen molar-refractivity contribution in [3.05, 3.63) is 35.1 Å². The van der Waals surface area contributed by atoms with Crippen molar-refractivity contribution in [2.24, 2.45) is 5.73 Å². The predicted molar refractivity (Wildman–Crippen MR) is 72.6 cm³/mol. The number of benzene rings is 1. The molecule has 18 heavy (non-hydrogen) atoms. The monoisotopic (exact) mass is 250 g/mol. The van der Waals surface area contributed by atoms with Crippen LogP contribution in [0.5, 0.6) is 0 Å². The number of piperidine rings is 1. The summed E-state index contributed by atoms with van der Waals surface area (Å²) < 4.78 is 13.4. The molecule has 1 fully saturated rings. The van der Waals surface area contributed by atoms with Gasteiger partial charge in [0.1, 0.15) is 5.82 Å². The lowest BCUT2D eigenvalue weighted by Crippen LogP contribution is -2.43. The van der Waals surface area contributed by atoms with Gasteiger partial charge in [0.05, 0.1) is 0 Å². The zero-order chi connectivity index (χ0) is 13.1. The third kappa shape index (κ3) is 2.90. The maximum absolute atomic E-state index is 13.4. The average Bonchev–Trinajstić information content (AvgIpc) is 2.34. The fourth-order valence-corrected chi connectivity index (χ4v) is 2.92. The Labute approximate surface area is 109 Å². The van der Waals surface area contributed by atoms with E-state index in [-0.39, 0.29) is 5.82 Å². The number of hydrogen-bond donors (Lipinski definition) is 1. The smallest absolute Gasteiger partial charge is 0.123 e. The van der Waals surface area contributed by atoms with E-state index in [9.17, 15) is 4.39 Å². The van der Waals surface area contributed by atoms with E-state index >= 15 is 0 Å². The van der Waals surface area contributed by atoms with Crippen LogP contribution in [0.1, 0.15) is 44.2 Å². The molecule has 2 N–H and O–H groups in total. The van der Waals surface area contributed by atoms with Crippen LogP contribution in [0, 0.1) is 5.82 Å². The second-order valence-corrected chi connectivity index (χ2v) is 5.42. The highest BCUT2D eigenvalue weighted by molar-refractivity contribution is 5.28. The standard InChI is InChI=1S/C15H23FN2/c1-11-4-3-5-12(2)18(11)10-14-8-15(16)7-6-13(14)9-17/h6-8,11-12H,3-5,9-10,17H2,1-2H3/t11-,12+. The summed E-state index contributed by atoms with van der Waals surface area (Å²) in [6, 6.07) is 6.08. The van der Waals surface area contributed by atoms with Crippen LogP contribution >= 0.6 is 0 Å². The molecule has 3 heteroatoms. The van der Waals surface area contributed by atoms with Gasteiger partial charge >= 0.3 is 0 Å². The molecule has 2 nitrogen and oxygen atoms in total. The SMILES string of the molecule is C[C@@H]1CCC[C@H](C)N1Cc1cc(F)ccc1CN. The Morgan fingerprint density at radius 2 is 1.89 bits per heavy atom. The predicted octanol–water partition coefficient (Wildman–Crippen LogP) is 3.05. The molecule has 0 spiro atoms. The number of hydrogen-bond acceptors (Lipinski definition) is 2. The van der Waals surface area contributed by atoms with Crippen LogP contribution in [0.2, 0.25) is 0 Å². The lowest BCUT2D eigenvalue weighted by Gasteiger charge is -2.39. The highest BCUT2D eigenvalue weighted by atomic mass is 19.1. The maximum Gasteiger partial charge on any atom is 0.123 e. The molecule has 0 radical (unpaired) electrons.